The van der Waals surface area contributed by atoms with Crippen molar-refractivity contribution in [3.05, 3.63) is 62.6 Å². The van der Waals surface area contributed by atoms with Crippen LogP contribution >= 0.6 is 22.9 Å². The zero-order chi connectivity index (χ0) is 29.4. The van der Waals surface area contributed by atoms with E-state index in [-0.39, 0.29) is 36.7 Å². The van der Waals surface area contributed by atoms with Crippen LogP contribution in [0, 0.1) is 23.6 Å². The van der Waals surface area contributed by atoms with E-state index < -0.39 is 17.0 Å². The molecule has 42 heavy (non-hydrogen) atoms. The van der Waals surface area contributed by atoms with Gasteiger partial charge in [-0.05, 0) is 55.1 Å². The molecule has 2 unspecified atom stereocenters. The zero-order valence-corrected chi connectivity index (χ0v) is 24.3. The largest absolute Gasteiger partial charge is 0.493 e. The lowest BCUT2D eigenvalue weighted by Crippen LogP contribution is -2.36. The summed E-state index contributed by atoms with van der Waals surface area (Å²) in [5.74, 6) is 2.26. The van der Waals surface area contributed by atoms with E-state index in [1.54, 1.807) is 24.5 Å². The molecular weight excluding hydrogens is 594 g/mol. The number of halogens is 5. The molecule has 2 aliphatic heterocycles. The van der Waals surface area contributed by atoms with Crippen LogP contribution in [0.2, 0.25) is 5.02 Å². The molecule has 0 spiro atoms. The first-order chi connectivity index (χ1) is 20.1. The minimum absolute atomic E-state index is 0.00159. The number of amides is 1. The fraction of sp³-hybridized carbons (Fsp3) is 0.517. The molecule has 1 aliphatic carbocycles. The van der Waals surface area contributed by atoms with Crippen LogP contribution < -0.4 is 9.64 Å². The lowest BCUT2D eigenvalue weighted by atomic mass is 9.90. The van der Waals surface area contributed by atoms with Gasteiger partial charge in [-0.25, -0.2) is 19.3 Å². The van der Waals surface area contributed by atoms with Gasteiger partial charge in [-0.2, -0.15) is 13.2 Å². The normalized spacial score (nSPS) is 20.9. The number of ether oxygens (including phenoxy) is 1. The van der Waals surface area contributed by atoms with Gasteiger partial charge in [0.15, 0.2) is 5.01 Å². The maximum absolute atomic E-state index is 14.8. The van der Waals surface area contributed by atoms with Crippen LogP contribution in [0.5, 0.6) is 5.75 Å². The summed E-state index contributed by atoms with van der Waals surface area (Å²) in [6, 6.07) is 4.50. The Morgan fingerprint density at radius 1 is 1.14 bits per heavy atom. The van der Waals surface area contributed by atoms with Crippen LogP contribution in [0.1, 0.15) is 46.8 Å². The SMILES string of the molecule is O=C(Cc1ccc(OCCC2CC2C2CCN(c3ncc(Cl)cn3)CC2)cc1F)N1CCc2sc(C(F)(F)F)nc2C1. The highest BCUT2D eigenvalue weighted by Crippen LogP contribution is 2.50. The Kier molecular flexibility index (Phi) is 8.28. The van der Waals surface area contributed by atoms with Gasteiger partial charge in [-0.1, -0.05) is 17.7 Å². The summed E-state index contributed by atoms with van der Waals surface area (Å²) in [5.41, 5.74) is 0.497. The van der Waals surface area contributed by atoms with E-state index >= 15 is 0 Å². The predicted octanol–water partition coefficient (Wildman–Crippen LogP) is 6.19. The van der Waals surface area contributed by atoms with Crippen molar-refractivity contribution < 1.29 is 27.1 Å². The van der Waals surface area contributed by atoms with Crippen molar-refractivity contribution >= 4 is 34.8 Å². The second-order valence-corrected chi connectivity index (χ2v) is 12.7. The summed E-state index contributed by atoms with van der Waals surface area (Å²) in [5, 5.41) is -0.364. The van der Waals surface area contributed by atoms with Gasteiger partial charge < -0.3 is 14.5 Å². The first-order valence-corrected chi connectivity index (χ1v) is 15.3. The third-order valence-corrected chi connectivity index (χ3v) is 9.86. The van der Waals surface area contributed by atoms with Gasteiger partial charge in [0.1, 0.15) is 11.6 Å². The molecule has 0 radical (unpaired) electrons. The number of rotatable bonds is 8. The fourth-order valence-electron chi connectivity index (χ4n) is 6.07. The van der Waals surface area contributed by atoms with Gasteiger partial charge in [0.2, 0.25) is 11.9 Å². The maximum Gasteiger partial charge on any atom is 0.443 e. The van der Waals surface area contributed by atoms with Crippen LogP contribution in [0.15, 0.2) is 30.6 Å². The molecule has 7 nitrogen and oxygen atoms in total. The molecule has 2 aromatic heterocycles. The van der Waals surface area contributed by atoms with Crippen LogP contribution in [-0.4, -0.2) is 52.0 Å². The monoisotopic (exact) mass is 623 g/mol. The van der Waals surface area contributed by atoms with E-state index in [9.17, 15) is 22.4 Å². The number of alkyl halides is 3. The highest BCUT2D eigenvalue weighted by Gasteiger charge is 2.43. The molecule has 13 heteroatoms. The average Bonchev–Trinajstić information content (AvgIpc) is 3.60. The Morgan fingerprint density at radius 3 is 2.62 bits per heavy atom. The third-order valence-electron chi connectivity index (χ3n) is 8.46. The van der Waals surface area contributed by atoms with E-state index in [0.29, 0.717) is 57.8 Å². The number of hydrogen-bond acceptors (Lipinski definition) is 7. The van der Waals surface area contributed by atoms with Gasteiger partial charge in [0.05, 0.1) is 42.7 Å². The fourth-order valence-corrected chi connectivity index (χ4v) is 7.10. The molecule has 4 heterocycles. The molecule has 0 bridgehead atoms. The molecule has 2 atom stereocenters. The number of carbonyl (C=O) groups is 1. The Morgan fingerprint density at radius 2 is 1.90 bits per heavy atom. The van der Waals surface area contributed by atoms with Crippen molar-refractivity contribution in [3.8, 4) is 5.75 Å². The van der Waals surface area contributed by atoms with Crippen molar-refractivity contribution in [2.24, 2.45) is 17.8 Å². The second-order valence-electron chi connectivity index (χ2n) is 11.2. The molecule has 1 saturated heterocycles. The number of thiazole rings is 1. The van der Waals surface area contributed by atoms with Gasteiger partial charge in [0.25, 0.3) is 0 Å². The molecule has 1 amide bonds. The minimum Gasteiger partial charge on any atom is -0.493 e. The number of nitrogens with zero attached hydrogens (tertiary/aromatic N) is 5. The minimum atomic E-state index is -4.50. The van der Waals surface area contributed by atoms with Crippen LogP contribution in [-0.2, 0) is 30.4 Å². The Bertz CT molecular complexity index is 1430. The van der Waals surface area contributed by atoms with Crippen molar-refractivity contribution in [2.45, 2.75) is 51.2 Å². The van der Waals surface area contributed by atoms with Gasteiger partial charge >= 0.3 is 6.18 Å². The molecule has 224 valence electrons. The molecular formula is C29H30ClF4N5O2S. The Hall–Kier alpha value is -2.99. The summed E-state index contributed by atoms with van der Waals surface area (Å²) in [6.07, 6.45) is 3.20. The summed E-state index contributed by atoms with van der Waals surface area (Å²) in [7, 11) is 0. The summed E-state index contributed by atoms with van der Waals surface area (Å²) < 4.78 is 59.6. The van der Waals surface area contributed by atoms with E-state index in [4.69, 9.17) is 16.3 Å². The number of piperidine rings is 1. The molecule has 2 fully saturated rings. The average molecular weight is 624 g/mol. The predicted molar refractivity (Wildman–Crippen MR) is 150 cm³/mol. The smallest absolute Gasteiger partial charge is 0.443 e. The molecule has 6 rings (SSSR count). The first-order valence-electron chi connectivity index (χ1n) is 14.1. The summed E-state index contributed by atoms with van der Waals surface area (Å²) >= 11 is 6.52. The molecule has 3 aromatic rings. The van der Waals surface area contributed by atoms with Crippen LogP contribution in [0.3, 0.4) is 0 Å². The number of benzene rings is 1. The lowest BCUT2D eigenvalue weighted by Gasteiger charge is -2.32. The topological polar surface area (TPSA) is 71.5 Å². The summed E-state index contributed by atoms with van der Waals surface area (Å²) in [4.78, 5) is 29.3. The van der Waals surface area contributed by atoms with Gasteiger partial charge in [-0.15, -0.1) is 11.3 Å². The van der Waals surface area contributed by atoms with Crippen LogP contribution in [0.25, 0.3) is 0 Å². The van der Waals surface area contributed by atoms with E-state index in [1.165, 1.54) is 17.4 Å². The van der Waals surface area contributed by atoms with Crippen LogP contribution in [0.4, 0.5) is 23.5 Å². The number of anilines is 1. The van der Waals surface area contributed by atoms with E-state index in [1.807, 2.05) is 0 Å². The third kappa shape index (κ3) is 6.64. The number of aromatic nitrogens is 3. The number of fused-ring (bicyclic) bond motifs is 1. The Labute approximate surface area is 249 Å². The summed E-state index contributed by atoms with van der Waals surface area (Å²) in [6.45, 7) is 2.65. The Balaban J connectivity index is 0.929. The quantitative estimate of drug-likeness (QED) is 0.279. The highest BCUT2D eigenvalue weighted by molar-refractivity contribution is 7.11. The van der Waals surface area contributed by atoms with Crippen molar-refractivity contribution in [1.82, 2.24) is 19.9 Å². The first kappa shape index (κ1) is 29.1. The second kappa shape index (κ2) is 11.9. The van der Waals surface area contributed by atoms with Gasteiger partial charge in [0, 0.05) is 37.0 Å². The number of carbonyl (C=O) groups excluding carboxylic acids is 1. The maximum atomic E-state index is 14.8. The van der Waals surface area contributed by atoms with Gasteiger partial charge in [-0.3, -0.25) is 4.79 Å². The van der Waals surface area contributed by atoms with Crippen molar-refractivity contribution in [2.75, 3.05) is 31.1 Å². The standard InChI is InChI=1S/C29H30ClF4N5O2S/c30-20-14-35-28(36-15-20)38-7-3-17(4-8-38)22-11-18(22)6-10-41-21-2-1-19(23(31)13-21)12-26(40)39-9-5-25-24(16-39)37-27(42-25)29(32,33)34/h1-2,13-15,17-18,22H,3-12,16H2. The van der Waals surface area contributed by atoms with Crippen molar-refractivity contribution in [3.63, 3.8) is 0 Å². The highest BCUT2D eigenvalue weighted by atomic mass is 35.5. The molecule has 1 saturated carbocycles. The molecule has 1 aromatic carbocycles. The van der Waals surface area contributed by atoms with E-state index in [0.717, 1.165) is 38.3 Å². The van der Waals surface area contributed by atoms with E-state index in [2.05, 4.69) is 19.9 Å². The lowest BCUT2D eigenvalue weighted by molar-refractivity contribution is -0.137. The zero-order valence-electron chi connectivity index (χ0n) is 22.7. The number of hydrogen-bond donors (Lipinski definition) is 0. The van der Waals surface area contributed by atoms with Crippen molar-refractivity contribution in [1.29, 1.82) is 0 Å². The molecule has 3 aliphatic rings. The molecule has 0 N–H and O–H groups in total.